The summed E-state index contributed by atoms with van der Waals surface area (Å²) in [4.78, 5) is 0. The standard InChI is InChI=1S/C23H20N2/c1-17-15-18-9-5-7-13-21(18)23(17)22-14-8-6-10-19(22)16-24-25-20-11-3-2-4-12-20/h2-16,23,25H,1H3. The third kappa shape index (κ3) is 3.11. The van der Waals surface area contributed by atoms with Crippen LogP contribution in [0.2, 0.25) is 0 Å². The number of nitrogens with one attached hydrogen (secondary N) is 1. The number of nitrogens with zero attached hydrogens (tertiary/aromatic N) is 1. The Morgan fingerprint density at radius 3 is 2.32 bits per heavy atom. The van der Waals surface area contributed by atoms with E-state index in [4.69, 9.17) is 0 Å². The molecule has 1 unspecified atom stereocenters. The zero-order valence-corrected chi connectivity index (χ0v) is 14.2. The molecule has 1 N–H and O–H groups in total. The van der Waals surface area contributed by atoms with Crippen molar-refractivity contribution in [2.45, 2.75) is 12.8 Å². The Labute approximate surface area is 148 Å². The van der Waals surface area contributed by atoms with Gasteiger partial charge in [0.25, 0.3) is 0 Å². The Hall–Kier alpha value is -3.13. The molecule has 1 aliphatic rings. The molecule has 0 radical (unpaired) electrons. The van der Waals surface area contributed by atoms with Crippen LogP contribution in [0.1, 0.15) is 35.1 Å². The molecule has 122 valence electrons. The van der Waals surface area contributed by atoms with Gasteiger partial charge in [-0.15, -0.1) is 0 Å². The molecule has 0 spiro atoms. The van der Waals surface area contributed by atoms with Crippen LogP contribution in [0.4, 0.5) is 5.69 Å². The van der Waals surface area contributed by atoms with Crippen molar-refractivity contribution in [2.75, 3.05) is 5.43 Å². The molecule has 3 aromatic rings. The lowest BCUT2D eigenvalue weighted by Gasteiger charge is -2.17. The molecular weight excluding hydrogens is 304 g/mol. The molecule has 0 fully saturated rings. The molecule has 0 saturated carbocycles. The van der Waals surface area contributed by atoms with Crippen LogP contribution in [0.3, 0.4) is 0 Å². The molecule has 1 aliphatic carbocycles. The predicted octanol–water partition coefficient (Wildman–Crippen LogP) is 5.68. The van der Waals surface area contributed by atoms with Gasteiger partial charge in [0.05, 0.1) is 11.9 Å². The zero-order chi connectivity index (χ0) is 17.1. The summed E-state index contributed by atoms with van der Waals surface area (Å²) < 4.78 is 0. The minimum atomic E-state index is 0.301. The van der Waals surface area contributed by atoms with E-state index in [1.54, 1.807) is 0 Å². The quantitative estimate of drug-likeness (QED) is 0.484. The number of para-hydroxylation sites is 1. The van der Waals surface area contributed by atoms with Crippen molar-refractivity contribution in [1.82, 2.24) is 0 Å². The van der Waals surface area contributed by atoms with Gasteiger partial charge in [-0.25, -0.2) is 0 Å². The number of allylic oxidation sites excluding steroid dienone is 1. The molecule has 0 aromatic heterocycles. The highest BCUT2D eigenvalue weighted by Crippen LogP contribution is 2.41. The highest BCUT2D eigenvalue weighted by Gasteiger charge is 2.25. The van der Waals surface area contributed by atoms with Crippen LogP contribution in [0.25, 0.3) is 6.08 Å². The molecule has 0 bridgehead atoms. The molecule has 3 aromatic carbocycles. The van der Waals surface area contributed by atoms with Crippen molar-refractivity contribution < 1.29 is 0 Å². The fourth-order valence-electron chi connectivity index (χ4n) is 3.47. The van der Waals surface area contributed by atoms with Gasteiger partial charge in [-0.2, -0.15) is 5.10 Å². The summed E-state index contributed by atoms with van der Waals surface area (Å²) >= 11 is 0. The molecule has 25 heavy (non-hydrogen) atoms. The molecule has 4 rings (SSSR count). The summed E-state index contributed by atoms with van der Waals surface area (Å²) in [7, 11) is 0. The minimum Gasteiger partial charge on any atom is -0.279 e. The number of hydrazone groups is 1. The number of hydrogen-bond donors (Lipinski definition) is 1. The lowest BCUT2D eigenvalue weighted by molar-refractivity contribution is 0.974. The normalized spacial score (nSPS) is 15.9. The Balaban J connectivity index is 1.65. The van der Waals surface area contributed by atoms with Crippen LogP contribution >= 0.6 is 0 Å². The van der Waals surface area contributed by atoms with Gasteiger partial charge < -0.3 is 0 Å². The van der Waals surface area contributed by atoms with Crippen molar-refractivity contribution in [2.24, 2.45) is 5.10 Å². The van der Waals surface area contributed by atoms with Crippen LogP contribution in [-0.2, 0) is 0 Å². The van der Waals surface area contributed by atoms with Crippen LogP contribution in [0, 0.1) is 0 Å². The minimum absolute atomic E-state index is 0.301. The molecule has 0 aliphatic heterocycles. The van der Waals surface area contributed by atoms with Gasteiger partial charge in [0.15, 0.2) is 0 Å². The summed E-state index contributed by atoms with van der Waals surface area (Å²) in [6.45, 7) is 2.21. The SMILES string of the molecule is CC1=Cc2ccccc2C1c1ccccc1C=NNc1ccccc1. The van der Waals surface area contributed by atoms with Crippen LogP contribution in [-0.4, -0.2) is 6.21 Å². The van der Waals surface area contributed by atoms with Gasteiger partial charge in [-0.05, 0) is 41.3 Å². The van der Waals surface area contributed by atoms with Crippen molar-refractivity contribution in [3.8, 4) is 0 Å². The highest BCUT2D eigenvalue weighted by atomic mass is 15.3. The van der Waals surface area contributed by atoms with Gasteiger partial charge in [-0.3, -0.25) is 5.43 Å². The second kappa shape index (κ2) is 6.78. The summed E-state index contributed by atoms with van der Waals surface area (Å²) in [5.74, 6) is 0.301. The van der Waals surface area contributed by atoms with Crippen LogP contribution in [0.15, 0.2) is 89.5 Å². The lowest BCUT2D eigenvalue weighted by atomic mass is 9.86. The van der Waals surface area contributed by atoms with Crippen molar-refractivity contribution in [1.29, 1.82) is 0 Å². The smallest absolute Gasteiger partial charge is 0.0561 e. The molecular formula is C23H20N2. The van der Waals surface area contributed by atoms with E-state index in [0.717, 1.165) is 11.3 Å². The first-order valence-electron chi connectivity index (χ1n) is 8.53. The van der Waals surface area contributed by atoms with Gasteiger partial charge in [0.1, 0.15) is 0 Å². The molecule has 2 nitrogen and oxygen atoms in total. The number of benzene rings is 3. The van der Waals surface area contributed by atoms with Crippen LogP contribution in [0.5, 0.6) is 0 Å². The van der Waals surface area contributed by atoms with E-state index in [2.05, 4.69) is 72.1 Å². The number of fused-ring (bicyclic) bond motifs is 1. The van der Waals surface area contributed by atoms with Gasteiger partial charge in [0, 0.05) is 5.92 Å². The van der Waals surface area contributed by atoms with E-state index >= 15 is 0 Å². The third-order valence-corrected chi connectivity index (χ3v) is 4.62. The maximum atomic E-state index is 4.43. The number of hydrogen-bond acceptors (Lipinski definition) is 2. The van der Waals surface area contributed by atoms with Gasteiger partial charge >= 0.3 is 0 Å². The first-order chi connectivity index (χ1) is 12.3. The fourth-order valence-corrected chi connectivity index (χ4v) is 3.47. The Morgan fingerprint density at radius 2 is 1.48 bits per heavy atom. The largest absolute Gasteiger partial charge is 0.279 e. The molecule has 0 amide bonds. The van der Waals surface area contributed by atoms with Crippen LogP contribution < -0.4 is 5.43 Å². The highest BCUT2D eigenvalue weighted by molar-refractivity contribution is 5.84. The Kier molecular flexibility index (Phi) is 4.17. The van der Waals surface area contributed by atoms with E-state index in [-0.39, 0.29) is 0 Å². The lowest BCUT2D eigenvalue weighted by Crippen LogP contribution is -2.04. The zero-order valence-electron chi connectivity index (χ0n) is 14.2. The molecule has 0 saturated heterocycles. The summed E-state index contributed by atoms with van der Waals surface area (Å²) in [6, 6.07) is 27.1. The molecule has 0 heterocycles. The van der Waals surface area contributed by atoms with E-state index in [9.17, 15) is 0 Å². The van der Waals surface area contributed by atoms with Gasteiger partial charge in [-0.1, -0.05) is 78.4 Å². The number of anilines is 1. The topological polar surface area (TPSA) is 24.4 Å². The van der Waals surface area contributed by atoms with Crippen molar-refractivity contribution in [3.05, 3.63) is 107 Å². The molecule has 2 heteroatoms. The Morgan fingerprint density at radius 1 is 0.800 bits per heavy atom. The monoisotopic (exact) mass is 324 g/mol. The van der Waals surface area contributed by atoms with E-state index < -0.39 is 0 Å². The van der Waals surface area contributed by atoms with Gasteiger partial charge in [0.2, 0.25) is 0 Å². The maximum absolute atomic E-state index is 4.43. The average molecular weight is 324 g/mol. The van der Waals surface area contributed by atoms with Crippen molar-refractivity contribution >= 4 is 18.0 Å². The second-order valence-electron chi connectivity index (χ2n) is 6.32. The third-order valence-electron chi connectivity index (χ3n) is 4.62. The summed E-state index contributed by atoms with van der Waals surface area (Å²) in [6.07, 6.45) is 4.20. The fraction of sp³-hybridized carbons (Fsp3) is 0.0870. The number of rotatable bonds is 4. The Bertz CT molecular complexity index is 939. The average Bonchev–Trinajstić information content (AvgIpc) is 2.99. The van der Waals surface area contributed by atoms with E-state index in [1.165, 1.54) is 22.3 Å². The maximum Gasteiger partial charge on any atom is 0.0561 e. The summed E-state index contributed by atoms with van der Waals surface area (Å²) in [5.41, 5.74) is 10.6. The van der Waals surface area contributed by atoms with Crippen molar-refractivity contribution in [3.63, 3.8) is 0 Å². The first-order valence-corrected chi connectivity index (χ1v) is 8.53. The van der Waals surface area contributed by atoms with E-state index in [0.29, 0.717) is 5.92 Å². The predicted molar refractivity (Wildman–Crippen MR) is 106 cm³/mol. The second-order valence-corrected chi connectivity index (χ2v) is 6.32. The van der Waals surface area contributed by atoms with E-state index in [1.807, 2.05) is 36.5 Å². The first kappa shape index (κ1) is 15.4. The summed E-state index contributed by atoms with van der Waals surface area (Å²) in [5, 5.41) is 4.43. The molecule has 1 atom stereocenters.